The summed E-state index contributed by atoms with van der Waals surface area (Å²) in [7, 11) is 0. The summed E-state index contributed by atoms with van der Waals surface area (Å²) in [6, 6.07) is 42.6. The highest BCUT2D eigenvalue weighted by Crippen LogP contribution is 2.35. The molecule has 8 heteroatoms. The molecule has 8 nitrogen and oxygen atoms in total. The second kappa shape index (κ2) is 14.3. The normalized spacial score (nSPS) is 10.3. The van der Waals surface area contributed by atoms with Crippen LogP contribution in [0, 0.1) is 0 Å². The standard InChI is InChI=1S/2C19H16N2O2/c20-17-15(19(22)13-7-3-1-4-8-13)11-12-16(18(17)21)23-14-9-5-2-6-10-14;20-15-8-6-13(7-9-15)19(22)14-10-16(21)12-18(11-14)23-17-4-2-1-3-5-17/h2*1-12H,20-21H2. The van der Waals surface area contributed by atoms with E-state index in [0.29, 0.717) is 56.6 Å². The minimum atomic E-state index is -0.166. The maximum Gasteiger partial charge on any atom is 0.195 e. The van der Waals surface area contributed by atoms with Gasteiger partial charge in [0.1, 0.15) is 17.2 Å². The van der Waals surface area contributed by atoms with Crippen molar-refractivity contribution in [2.75, 3.05) is 22.9 Å². The zero-order valence-corrected chi connectivity index (χ0v) is 24.8. The molecule has 228 valence electrons. The first-order chi connectivity index (χ1) is 22.3. The van der Waals surface area contributed by atoms with Crippen LogP contribution in [-0.2, 0) is 0 Å². The van der Waals surface area contributed by atoms with E-state index < -0.39 is 0 Å². The van der Waals surface area contributed by atoms with Gasteiger partial charge in [-0.15, -0.1) is 0 Å². The van der Waals surface area contributed by atoms with Gasteiger partial charge in [0.2, 0.25) is 0 Å². The Morgan fingerprint density at radius 2 is 0.957 bits per heavy atom. The molecule has 0 aliphatic rings. The third-order valence-corrected chi connectivity index (χ3v) is 6.84. The molecule has 0 aromatic heterocycles. The third-order valence-electron chi connectivity index (χ3n) is 6.84. The number of para-hydroxylation sites is 2. The fourth-order valence-corrected chi connectivity index (χ4v) is 4.50. The molecule has 0 atom stereocenters. The largest absolute Gasteiger partial charge is 0.457 e. The number of ether oxygens (including phenoxy) is 2. The summed E-state index contributed by atoms with van der Waals surface area (Å²) in [6.07, 6.45) is 0. The molecule has 6 aromatic carbocycles. The molecule has 0 radical (unpaired) electrons. The molecular formula is C38H32N4O4. The van der Waals surface area contributed by atoms with E-state index in [1.165, 1.54) is 0 Å². The topological polar surface area (TPSA) is 157 Å². The van der Waals surface area contributed by atoms with Gasteiger partial charge in [-0.25, -0.2) is 0 Å². The molecule has 0 unspecified atom stereocenters. The number of hydrogen-bond donors (Lipinski definition) is 4. The SMILES string of the molecule is Nc1c(Oc2ccccc2)ccc(C(=O)c2ccccc2)c1N.Nc1ccc(C(=O)c2cc(N)cc(Oc3ccccc3)c2)cc1. The predicted molar refractivity (Wildman–Crippen MR) is 183 cm³/mol. The van der Waals surface area contributed by atoms with Crippen molar-refractivity contribution in [2.24, 2.45) is 0 Å². The van der Waals surface area contributed by atoms with Crippen LogP contribution in [0.25, 0.3) is 0 Å². The van der Waals surface area contributed by atoms with Crippen LogP contribution in [-0.4, -0.2) is 11.6 Å². The number of hydrogen-bond acceptors (Lipinski definition) is 8. The van der Waals surface area contributed by atoms with E-state index in [2.05, 4.69) is 0 Å². The van der Waals surface area contributed by atoms with Crippen LogP contribution in [0.4, 0.5) is 22.7 Å². The highest BCUT2D eigenvalue weighted by atomic mass is 16.5. The van der Waals surface area contributed by atoms with Crippen molar-refractivity contribution in [1.82, 2.24) is 0 Å². The first-order valence-electron chi connectivity index (χ1n) is 14.3. The van der Waals surface area contributed by atoms with Crippen molar-refractivity contribution >= 4 is 34.3 Å². The average molecular weight is 609 g/mol. The number of benzene rings is 6. The molecule has 0 bridgehead atoms. The molecule has 8 N–H and O–H groups in total. The molecule has 0 heterocycles. The number of nitrogen functional groups attached to an aromatic ring is 4. The summed E-state index contributed by atoms with van der Waals surface area (Å²) in [5.74, 6) is 1.99. The molecule has 0 saturated carbocycles. The number of carbonyl (C=O) groups excluding carboxylic acids is 2. The minimum Gasteiger partial charge on any atom is -0.457 e. The first-order valence-corrected chi connectivity index (χ1v) is 14.3. The Hall–Kier alpha value is -6.54. The van der Waals surface area contributed by atoms with Gasteiger partial charge in [-0.3, -0.25) is 9.59 Å². The Labute approximate surface area is 266 Å². The fraction of sp³-hybridized carbons (Fsp3) is 0. The fourth-order valence-electron chi connectivity index (χ4n) is 4.50. The summed E-state index contributed by atoms with van der Waals surface area (Å²) >= 11 is 0. The summed E-state index contributed by atoms with van der Waals surface area (Å²) in [5, 5.41) is 0. The van der Waals surface area contributed by atoms with Gasteiger partial charge in [-0.2, -0.15) is 0 Å². The van der Waals surface area contributed by atoms with Crippen LogP contribution in [0.3, 0.4) is 0 Å². The quantitative estimate of drug-likeness (QED) is 0.101. The molecule has 0 aliphatic heterocycles. The van der Waals surface area contributed by atoms with Gasteiger partial charge in [-0.05, 0) is 72.8 Å². The van der Waals surface area contributed by atoms with E-state index >= 15 is 0 Å². The van der Waals surface area contributed by atoms with Crippen molar-refractivity contribution < 1.29 is 19.1 Å². The lowest BCUT2D eigenvalue weighted by Crippen LogP contribution is -2.08. The highest BCUT2D eigenvalue weighted by Gasteiger charge is 2.17. The average Bonchev–Trinajstić information content (AvgIpc) is 3.08. The van der Waals surface area contributed by atoms with Crippen LogP contribution < -0.4 is 32.4 Å². The third kappa shape index (κ3) is 7.69. The Kier molecular flexibility index (Phi) is 9.60. The van der Waals surface area contributed by atoms with Crippen LogP contribution in [0.1, 0.15) is 31.8 Å². The summed E-state index contributed by atoms with van der Waals surface area (Å²) < 4.78 is 11.5. The lowest BCUT2D eigenvalue weighted by Gasteiger charge is -2.13. The predicted octanol–water partition coefficient (Wildman–Crippen LogP) is 7.75. The van der Waals surface area contributed by atoms with Gasteiger partial charge in [0, 0.05) is 39.7 Å². The van der Waals surface area contributed by atoms with E-state index in [1.54, 1.807) is 78.9 Å². The maximum atomic E-state index is 12.6. The molecule has 6 aromatic rings. The van der Waals surface area contributed by atoms with E-state index in [1.807, 2.05) is 66.7 Å². The monoisotopic (exact) mass is 608 g/mol. The summed E-state index contributed by atoms with van der Waals surface area (Å²) in [4.78, 5) is 25.1. The van der Waals surface area contributed by atoms with Gasteiger partial charge in [0.15, 0.2) is 17.3 Å². The molecular weight excluding hydrogens is 576 g/mol. The van der Waals surface area contributed by atoms with E-state index in [4.69, 9.17) is 32.4 Å². The molecule has 6 rings (SSSR count). The lowest BCUT2D eigenvalue weighted by atomic mass is 10.0. The Bertz CT molecular complexity index is 1950. The van der Waals surface area contributed by atoms with Crippen molar-refractivity contribution in [1.29, 1.82) is 0 Å². The van der Waals surface area contributed by atoms with Crippen molar-refractivity contribution in [3.63, 3.8) is 0 Å². The van der Waals surface area contributed by atoms with Gasteiger partial charge in [-0.1, -0.05) is 66.7 Å². The second-order valence-electron chi connectivity index (χ2n) is 10.2. The molecule has 46 heavy (non-hydrogen) atoms. The molecule has 0 amide bonds. The zero-order valence-electron chi connectivity index (χ0n) is 24.8. The van der Waals surface area contributed by atoms with Crippen molar-refractivity contribution in [3.8, 4) is 23.0 Å². The van der Waals surface area contributed by atoms with Gasteiger partial charge in [0.05, 0.1) is 11.4 Å². The highest BCUT2D eigenvalue weighted by molar-refractivity contribution is 6.13. The van der Waals surface area contributed by atoms with Gasteiger partial charge >= 0.3 is 0 Å². The van der Waals surface area contributed by atoms with Crippen molar-refractivity contribution in [2.45, 2.75) is 0 Å². The molecule has 0 aliphatic carbocycles. The number of rotatable bonds is 8. The number of carbonyl (C=O) groups is 2. The summed E-state index contributed by atoms with van der Waals surface area (Å²) in [5.41, 5.74) is 27.2. The van der Waals surface area contributed by atoms with E-state index in [0.717, 1.165) is 0 Å². The molecule has 0 saturated heterocycles. The number of ketones is 2. The molecule has 0 spiro atoms. The van der Waals surface area contributed by atoms with Crippen LogP contribution in [0.15, 0.2) is 146 Å². The Morgan fingerprint density at radius 1 is 0.413 bits per heavy atom. The van der Waals surface area contributed by atoms with E-state index in [9.17, 15) is 9.59 Å². The Morgan fingerprint density at radius 3 is 1.57 bits per heavy atom. The first kappa shape index (κ1) is 30.9. The number of anilines is 4. The zero-order chi connectivity index (χ0) is 32.5. The Balaban J connectivity index is 0.000000181. The van der Waals surface area contributed by atoms with E-state index in [-0.39, 0.29) is 22.9 Å². The number of nitrogens with two attached hydrogens (primary N) is 4. The molecule has 0 fully saturated rings. The summed E-state index contributed by atoms with van der Waals surface area (Å²) in [6.45, 7) is 0. The smallest absolute Gasteiger partial charge is 0.195 e. The maximum absolute atomic E-state index is 12.6. The van der Waals surface area contributed by atoms with Crippen LogP contribution in [0.2, 0.25) is 0 Å². The lowest BCUT2D eigenvalue weighted by molar-refractivity contribution is 0.103. The van der Waals surface area contributed by atoms with Crippen LogP contribution >= 0.6 is 0 Å². The van der Waals surface area contributed by atoms with Gasteiger partial charge < -0.3 is 32.4 Å². The van der Waals surface area contributed by atoms with Gasteiger partial charge in [0.25, 0.3) is 0 Å². The van der Waals surface area contributed by atoms with Crippen LogP contribution in [0.5, 0.6) is 23.0 Å². The minimum absolute atomic E-state index is 0.129. The second-order valence-corrected chi connectivity index (χ2v) is 10.2. The van der Waals surface area contributed by atoms with Crippen molar-refractivity contribution in [3.05, 3.63) is 168 Å².